The smallest absolute Gasteiger partial charge is 0.252 e. The number of hydrogen-bond acceptors (Lipinski definition) is 3. The highest BCUT2D eigenvalue weighted by atomic mass is 35.5. The molecule has 0 aliphatic carbocycles. The second kappa shape index (κ2) is 7.40. The van der Waals surface area contributed by atoms with Crippen molar-refractivity contribution in [2.45, 2.75) is 31.2 Å². The molecule has 0 fully saturated rings. The summed E-state index contributed by atoms with van der Waals surface area (Å²) in [5.74, 6) is -0.400. The number of halogens is 1. The number of rotatable bonds is 5. The van der Waals surface area contributed by atoms with Gasteiger partial charge in [-0.15, -0.1) is 12.6 Å². The summed E-state index contributed by atoms with van der Waals surface area (Å²) in [5.41, 5.74) is 0.360. The van der Waals surface area contributed by atoms with Crippen LogP contribution in [0.15, 0.2) is 23.1 Å². The monoisotopic (exact) mass is 300 g/mol. The summed E-state index contributed by atoms with van der Waals surface area (Å²) in [5, 5.41) is 5.76. The Morgan fingerprint density at radius 3 is 2.68 bits per heavy atom. The molecular weight excluding hydrogens is 284 g/mol. The second-order valence-corrected chi connectivity index (χ2v) is 5.32. The molecule has 1 aromatic carbocycles. The lowest BCUT2D eigenvalue weighted by Crippen LogP contribution is -2.34. The van der Waals surface area contributed by atoms with E-state index in [2.05, 4.69) is 23.3 Å². The van der Waals surface area contributed by atoms with Crippen LogP contribution in [0.1, 0.15) is 30.6 Å². The Hall–Kier alpha value is -1.20. The SMILES string of the molecule is CC(C)NC(=O)CCNC(=O)c1cc(S)ccc1Cl. The second-order valence-electron chi connectivity index (χ2n) is 4.39. The molecule has 0 heterocycles. The zero-order chi connectivity index (χ0) is 14.4. The Balaban J connectivity index is 2.48. The van der Waals surface area contributed by atoms with Crippen LogP contribution in [0.5, 0.6) is 0 Å². The number of nitrogens with one attached hydrogen (secondary N) is 2. The highest BCUT2D eigenvalue weighted by molar-refractivity contribution is 7.80. The van der Waals surface area contributed by atoms with E-state index in [1.807, 2.05) is 13.8 Å². The summed E-state index contributed by atoms with van der Waals surface area (Å²) >= 11 is 10.1. The fraction of sp³-hybridized carbons (Fsp3) is 0.385. The number of carbonyl (C=O) groups is 2. The first kappa shape index (κ1) is 15.9. The summed E-state index contributed by atoms with van der Waals surface area (Å²) in [7, 11) is 0. The van der Waals surface area contributed by atoms with Crippen LogP contribution in [-0.4, -0.2) is 24.4 Å². The van der Waals surface area contributed by atoms with Crippen molar-refractivity contribution in [2.24, 2.45) is 0 Å². The molecule has 19 heavy (non-hydrogen) atoms. The van der Waals surface area contributed by atoms with Crippen LogP contribution in [0.25, 0.3) is 0 Å². The van der Waals surface area contributed by atoms with E-state index >= 15 is 0 Å². The van der Waals surface area contributed by atoms with Gasteiger partial charge in [-0.2, -0.15) is 0 Å². The molecule has 0 saturated heterocycles. The fourth-order valence-corrected chi connectivity index (χ4v) is 1.87. The first-order valence-corrected chi connectivity index (χ1v) is 6.78. The predicted molar refractivity (Wildman–Crippen MR) is 78.9 cm³/mol. The van der Waals surface area contributed by atoms with Gasteiger partial charge in [-0.05, 0) is 32.0 Å². The minimum absolute atomic E-state index is 0.0932. The zero-order valence-electron chi connectivity index (χ0n) is 10.9. The highest BCUT2D eigenvalue weighted by Gasteiger charge is 2.11. The third kappa shape index (κ3) is 5.53. The van der Waals surface area contributed by atoms with E-state index in [1.165, 1.54) is 0 Å². The van der Waals surface area contributed by atoms with E-state index in [-0.39, 0.29) is 30.8 Å². The first-order chi connectivity index (χ1) is 8.90. The molecule has 1 rings (SSSR count). The number of thiol groups is 1. The van der Waals surface area contributed by atoms with Crippen molar-refractivity contribution in [3.63, 3.8) is 0 Å². The van der Waals surface area contributed by atoms with E-state index in [0.29, 0.717) is 15.5 Å². The maximum absolute atomic E-state index is 11.9. The standard InChI is InChI=1S/C13H17ClN2O2S/c1-8(2)16-12(17)5-6-15-13(18)10-7-9(19)3-4-11(10)14/h3-4,7-8,19H,5-6H2,1-2H3,(H,15,18)(H,16,17). The summed E-state index contributed by atoms with van der Waals surface area (Å²) in [4.78, 5) is 23.9. The highest BCUT2D eigenvalue weighted by Crippen LogP contribution is 2.19. The van der Waals surface area contributed by atoms with Crippen LogP contribution in [-0.2, 0) is 4.79 Å². The minimum atomic E-state index is -0.307. The quantitative estimate of drug-likeness (QED) is 0.731. The van der Waals surface area contributed by atoms with Crippen LogP contribution in [0.4, 0.5) is 0 Å². The van der Waals surface area contributed by atoms with E-state index < -0.39 is 0 Å². The molecule has 0 spiro atoms. The minimum Gasteiger partial charge on any atom is -0.354 e. The van der Waals surface area contributed by atoms with E-state index in [4.69, 9.17) is 11.6 Å². The lowest BCUT2D eigenvalue weighted by molar-refractivity contribution is -0.121. The van der Waals surface area contributed by atoms with Crippen LogP contribution in [0.2, 0.25) is 5.02 Å². The van der Waals surface area contributed by atoms with Gasteiger partial charge in [0.1, 0.15) is 0 Å². The van der Waals surface area contributed by atoms with Crippen LogP contribution in [0.3, 0.4) is 0 Å². The topological polar surface area (TPSA) is 58.2 Å². The van der Waals surface area contributed by atoms with Crippen LogP contribution >= 0.6 is 24.2 Å². The molecule has 2 amide bonds. The van der Waals surface area contributed by atoms with Gasteiger partial charge in [0.05, 0.1) is 10.6 Å². The van der Waals surface area contributed by atoms with Gasteiger partial charge in [0.25, 0.3) is 5.91 Å². The fourth-order valence-electron chi connectivity index (χ4n) is 1.47. The molecule has 0 aromatic heterocycles. The Labute approximate surface area is 123 Å². The van der Waals surface area contributed by atoms with E-state index in [0.717, 1.165) is 0 Å². The molecule has 0 aliphatic rings. The molecule has 0 saturated carbocycles. The zero-order valence-corrected chi connectivity index (χ0v) is 12.5. The average Bonchev–Trinajstić information content (AvgIpc) is 2.31. The number of benzene rings is 1. The van der Waals surface area contributed by atoms with Gasteiger partial charge < -0.3 is 10.6 Å². The molecule has 0 aliphatic heterocycles. The molecule has 6 heteroatoms. The maximum Gasteiger partial charge on any atom is 0.252 e. The van der Waals surface area contributed by atoms with E-state index in [1.54, 1.807) is 18.2 Å². The largest absolute Gasteiger partial charge is 0.354 e. The van der Waals surface area contributed by atoms with Gasteiger partial charge in [0, 0.05) is 23.9 Å². The lowest BCUT2D eigenvalue weighted by Gasteiger charge is -2.09. The Morgan fingerprint density at radius 2 is 2.05 bits per heavy atom. The van der Waals surface area contributed by atoms with Gasteiger partial charge in [-0.25, -0.2) is 0 Å². The number of carbonyl (C=O) groups excluding carboxylic acids is 2. The van der Waals surface area contributed by atoms with Crippen molar-refractivity contribution in [3.8, 4) is 0 Å². The summed E-state index contributed by atoms with van der Waals surface area (Å²) in [6.45, 7) is 4.04. The Kier molecular flexibility index (Phi) is 6.18. The van der Waals surface area contributed by atoms with Crippen molar-refractivity contribution in [2.75, 3.05) is 6.54 Å². The first-order valence-electron chi connectivity index (χ1n) is 5.96. The van der Waals surface area contributed by atoms with E-state index in [9.17, 15) is 9.59 Å². The third-order valence-electron chi connectivity index (χ3n) is 2.28. The van der Waals surface area contributed by atoms with Crippen LogP contribution in [0, 0.1) is 0 Å². The molecule has 4 nitrogen and oxygen atoms in total. The summed E-state index contributed by atoms with van der Waals surface area (Å²) in [6, 6.07) is 5.01. The summed E-state index contributed by atoms with van der Waals surface area (Å²) in [6.07, 6.45) is 0.238. The average molecular weight is 301 g/mol. The molecule has 0 bridgehead atoms. The number of hydrogen-bond donors (Lipinski definition) is 3. The van der Waals surface area contributed by atoms with Gasteiger partial charge in [0.15, 0.2) is 0 Å². The predicted octanol–water partition coefficient (Wildman–Crippen LogP) is 2.27. The van der Waals surface area contributed by atoms with Crippen molar-refractivity contribution >= 4 is 36.0 Å². The molecule has 104 valence electrons. The lowest BCUT2D eigenvalue weighted by atomic mass is 10.2. The van der Waals surface area contributed by atoms with Crippen molar-refractivity contribution in [1.29, 1.82) is 0 Å². The summed E-state index contributed by atoms with van der Waals surface area (Å²) < 4.78 is 0. The third-order valence-corrected chi connectivity index (χ3v) is 2.89. The van der Waals surface area contributed by atoms with Gasteiger partial charge >= 0.3 is 0 Å². The molecule has 0 radical (unpaired) electrons. The van der Waals surface area contributed by atoms with Crippen molar-refractivity contribution < 1.29 is 9.59 Å². The molecule has 2 N–H and O–H groups in total. The molecule has 0 atom stereocenters. The molecular formula is C13H17ClN2O2S. The van der Waals surface area contributed by atoms with Crippen LogP contribution < -0.4 is 10.6 Å². The normalized spacial score (nSPS) is 10.4. The Morgan fingerprint density at radius 1 is 1.37 bits per heavy atom. The van der Waals surface area contributed by atoms with Gasteiger partial charge in [0.2, 0.25) is 5.91 Å². The number of amides is 2. The van der Waals surface area contributed by atoms with Gasteiger partial charge in [-0.3, -0.25) is 9.59 Å². The maximum atomic E-state index is 11.9. The molecule has 0 unspecified atom stereocenters. The van der Waals surface area contributed by atoms with Gasteiger partial charge in [-0.1, -0.05) is 11.6 Å². The van der Waals surface area contributed by atoms with Crippen molar-refractivity contribution in [3.05, 3.63) is 28.8 Å². The van der Waals surface area contributed by atoms with Crippen molar-refractivity contribution in [1.82, 2.24) is 10.6 Å². The molecule has 1 aromatic rings. The Bertz CT molecular complexity index is 478.